The van der Waals surface area contributed by atoms with Crippen LogP contribution in [0.3, 0.4) is 0 Å². The molecule has 88 valence electrons. The number of rotatable bonds is 0. The maximum absolute atomic E-state index is 12.1. The predicted octanol–water partition coefficient (Wildman–Crippen LogP) is 0.695. The van der Waals surface area contributed by atoms with E-state index in [1.807, 2.05) is 18.2 Å². The van der Waals surface area contributed by atoms with E-state index in [0.717, 1.165) is 5.57 Å². The van der Waals surface area contributed by atoms with E-state index < -0.39 is 4.75 Å². The van der Waals surface area contributed by atoms with E-state index in [1.165, 1.54) is 0 Å². The van der Waals surface area contributed by atoms with Gasteiger partial charge in [-0.05, 0) is 0 Å². The lowest BCUT2D eigenvalue weighted by Crippen LogP contribution is -2.38. The van der Waals surface area contributed by atoms with E-state index in [9.17, 15) is 9.59 Å². The third-order valence-electron chi connectivity index (χ3n) is 3.61. The van der Waals surface area contributed by atoms with E-state index >= 15 is 0 Å². The molecule has 0 spiro atoms. The number of fused-ring (bicyclic) bond motifs is 3. The summed E-state index contributed by atoms with van der Waals surface area (Å²) >= 11 is 4.44. The molecule has 3 nitrogen and oxygen atoms in total. The van der Waals surface area contributed by atoms with Crippen LogP contribution in [0.25, 0.3) is 0 Å². The highest BCUT2D eigenvalue weighted by atomic mass is 32.1. The first kappa shape index (κ1) is 11.0. The van der Waals surface area contributed by atoms with Crippen molar-refractivity contribution in [2.24, 2.45) is 11.8 Å². The largest absolute Gasteiger partial charge is 0.306 e. The zero-order valence-electron chi connectivity index (χ0n) is 9.22. The molecule has 3 unspecified atom stereocenters. The van der Waals surface area contributed by atoms with Crippen LogP contribution in [-0.4, -0.2) is 29.4 Å². The first-order chi connectivity index (χ1) is 8.10. The van der Waals surface area contributed by atoms with E-state index in [4.69, 9.17) is 0 Å². The number of carbonyl (C=O) groups is 2. The number of nitrogens with one attached hydrogen (secondary N) is 1. The molecule has 2 aliphatic heterocycles. The minimum Gasteiger partial charge on any atom is -0.306 e. The van der Waals surface area contributed by atoms with Crippen LogP contribution in [0.4, 0.5) is 0 Å². The van der Waals surface area contributed by atoms with Gasteiger partial charge in [-0.1, -0.05) is 30.4 Å². The summed E-state index contributed by atoms with van der Waals surface area (Å²) in [6.45, 7) is 0.710. The van der Waals surface area contributed by atoms with Gasteiger partial charge in [0, 0.05) is 24.0 Å². The number of hydrogen-bond donors (Lipinski definition) is 2. The Hall–Kier alpha value is -1.13. The van der Waals surface area contributed by atoms with Gasteiger partial charge in [0.25, 0.3) is 0 Å². The molecular weight excluding hydrogens is 234 g/mol. The minimum absolute atomic E-state index is 0.0170. The van der Waals surface area contributed by atoms with Gasteiger partial charge in [0.2, 0.25) is 0 Å². The first-order valence-corrected chi connectivity index (χ1v) is 6.15. The summed E-state index contributed by atoms with van der Waals surface area (Å²) in [5.41, 5.74) is 0.788. The minimum atomic E-state index is -0.872. The number of carbonyl (C=O) groups excluding carboxylic acids is 2. The number of ketones is 2. The van der Waals surface area contributed by atoms with Gasteiger partial charge in [0.15, 0.2) is 11.6 Å². The van der Waals surface area contributed by atoms with Gasteiger partial charge < -0.3 is 5.32 Å². The lowest BCUT2D eigenvalue weighted by molar-refractivity contribution is -0.119. The van der Waals surface area contributed by atoms with Gasteiger partial charge in [-0.15, -0.1) is 0 Å². The summed E-state index contributed by atoms with van der Waals surface area (Å²) in [5, 5.41) is 3.02. The molecule has 4 aliphatic rings. The van der Waals surface area contributed by atoms with Crippen molar-refractivity contribution in [3.05, 3.63) is 36.0 Å². The fourth-order valence-corrected chi connectivity index (χ4v) is 2.80. The Kier molecular flexibility index (Phi) is 2.38. The second-order valence-electron chi connectivity index (χ2n) is 4.73. The summed E-state index contributed by atoms with van der Waals surface area (Å²) in [6.07, 6.45) is 9.33. The van der Waals surface area contributed by atoms with Crippen LogP contribution in [0.15, 0.2) is 36.0 Å². The van der Waals surface area contributed by atoms with Crippen molar-refractivity contribution in [3.63, 3.8) is 0 Å². The Bertz CT molecular complexity index is 492. The molecule has 2 heterocycles. The fraction of sp³-hybridized carbons (Fsp3) is 0.385. The highest BCUT2D eigenvalue weighted by molar-refractivity contribution is 7.83. The molecule has 4 rings (SSSR count). The summed E-state index contributed by atoms with van der Waals surface area (Å²) in [4.78, 5) is 24.1. The van der Waals surface area contributed by atoms with Crippen molar-refractivity contribution in [1.29, 1.82) is 0 Å². The normalized spacial score (nSPS) is 39.7. The van der Waals surface area contributed by atoms with Crippen LogP contribution >= 0.6 is 12.6 Å². The Balaban J connectivity index is 2.12. The van der Waals surface area contributed by atoms with Crippen molar-refractivity contribution >= 4 is 24.2 Å². The molecular formula is C13H13NO2S. The molecule has 0 aromatic rings. The average molecular weight is 247 g/mol. The van der Waals surface area contributed by atoms with Gasteiger partial charge in [-0.25, -0.2) is 0 Å². The van der Waals surface area contributed by atoms with Crippen LogP contribution in [0.1, 0.15) is 0 Å². The number of hydrogen-bond acceptors (Lipinski definition) is 4. The van der Waals surface area contributed by atoms with Crippen molar-refractivity contribution in [2.75, 3.05) is 13.1 Å². The maximum atomic E-state index is 12.1. The van der Waals surface area contributed by atoms with Crippen LogP contribution in [0, 0.1) is 11.8 Å². The lowest BCUT2D eigenvalue weighted by Gasteiger charge is -2.20. The SMILES string of the molecule is O=C1C2=CC3C=CC(S)(C=CC13)C(=O)CNC2. The second-order valence-corrected chi connectivity index (χ2v) is 5.47. The fourth-order valence-electron chi connectivity index (χ4n) is 2.55. The van der Waals surface area contributed by atoms with Gasteiger partial charge in [0.05, 0.1) is 6.54 Å². The van der Waals surface area contributed by atoms with Crippen molar-refractivity contribution in [2.45, 2.75) is 4.75 Å². The Labute approximate surface area is 105 Å². The molecule has 0 aromatic carbocycles. The van der Waals surface area contributed by atoms with E-state index in [2.05, 4.69) is 17.9 Å². The number of thiol groups is 1. The average Bonchev–Trinajstić information content (AvgIpc) is 2.48. The van der Waals surface area contributed by atoms with Gasteiger partial charge in [0.1, 0.15) is 4.75 Å². The topological polar surface area (TPSA) is 46.2 Å². The molecule has 1 N–H and O–H groups in total. The second kappa shape index (κ2) is 3.68. The van der Waals surface area contributed by atoms with Crippen molar-refractivity contribution < 1.29 is 9.59 Å². The smallest absolute Gasteiger partial charge is 0.170 e. The van der Waals surface area contributed by atoms with Gasteiger partial charge in [-0.2, -0.15) is 12.6 Å². The quantitative estimate of drug-likeness (QED) is 0.489. The molecule has 0 radical (unpaired) electrons. The van der Waals surface area contributed by atoms with E-state index in [-0.39, 0.29) is 29.9 Å². The summed E-state index contributed by atoms with van der Waals surface area (Å²) in [6, 6.07) is 0. The zero-order chi connectivity index (χ0) is 12.0. The van der Waals surface area contributed by atoms with Crippen LogP contribution in [0.2, 0.25) is 0 Å². The molecule has 17 heavy (non-hydrogen) atoms. The third kappa shape index (κ3) is 1.63. The third-order valence-corrected chi connectivity index (χ3v) is 4.15. The zero-order valence-corrected chi connectivity index (χ0v) is 10.1. The molecule has 0 amide bonds. The highest BCUT2D eigenvalue weighted by Crippen LogP contribution is 2.35. The molecule has 0 saturated carbocycles. The Morgan fingerprint density at radius 3 is 2.82 bits per heavy atom. The molecule has 3 atom stereocenters. The first-order valence-electron chi connectivity index (χ1n) is 5.70. The van der Waals surface area contributed by atoms with Crippen molar-refractivity contribution in [3.8, 4) is 0 Å². The van der Waals surface area contributed by atoms with E-state index in [0.29, 0.717) is 6.54 Å². The summed E-state index contributed by atoms with van der Waals surface area (Å²) in [5.74, 6) is 0.108. The number of allylic oxidation sites excluding steroid dienone is 3. The number of Topliss-reactive ketones (excluding diaryl/α,β-unsaturated/α-hetero) is 2. The van der Waals surface area contributed by atoms with Crippen LogP contribution < -0.4 is 5.32 Å². The maximum Gasteiger partial charge on any atom is 0.170 e. The van der Waals surface area contributed by atoms with Crippen LogP contribution in [-0.2, 0) is 9.59 Å². The summed E-state index contributed by atoms with van der Waals surface area (Å²) < 4.78 is -0.872. The Morgan fingerprint density at radius 1 is 1.24 bits per heavy atom. The predicted molar refractivity (Wildman–Crippen MR) is 67.9 cm³/mol. The van der Waals surface area contributed by atoms with E-state index in [1.54, 1.807) is 12.2 Å². The molecule has 2 aliphatic carbocycles. The van der Waals surface area contributed by atoms with Crippen LogP contribution in [0.5, 0.6) is 0 Å². The van der Waals surface area contributed by atoms with Gasteiger partial charge >= 0.3 is 0 Å². The molecule has 4 bridgehead atoms. The summed E-state index contributed by atoms with van der Waals surface area (Å²) in [7, 11) is 0. The Morgan fingerprint density at radius 2 is 2.00 bits per heavy atom. The standard InChI is InChI=1S/C13H13NO2S/c15-11-7-14-6-9-5-8-1-3-13(11,17)4-2-10(8)12(9)16/h1-5,8,10,14,17H,6-7H2. The molecule has 0 aromatic heterocycles. The molecule has 4 heteroatoms. The molecule has 0 saturated heterocycles. The highest BCUT2D eigenvalue weighted by Gasteiger charge is 2.38. The lowest BCUT2D eigenvalue weighted by atomic mass is 9.94. The molecule has 0 fully saturated rings. The van der Waals surface area contributed by atoms with Gasteiger partial charge in [-0.3, -0.25) is 9.59 Å². The van der Waals surface area contributed by atoms with Crippen molar-refractivity contribution in [1.82, 2.24) is 5.32 Å². The monoisotopic (exact) mass is 247 g/mol.